The van der Waals surface area contributed by atoms with E-state index in [2.05, 4.69) is 10.6 Å². The molecule has 1 heterocycles. The second-order valence-electron chi connectivity index (χ2n) is 4.74. The van der Waals surface area contributed by atoms with Crippen LogP contribution in [0.25, 0.3) is 0 Å². The largest absolute Gasteiger partial charge is 0.480 e. The fourth-order valence-electron chi connectivity index (χ4n) is 2.35. The van der Waals surface area contributed by atoms with Crippen molar-refractivity contribution in [3.8, 4) is 0 Å². The smallest absolute Gasteiger partial charge is 0.326 e. The van der Waals surface area contributed by atoms with Crippen LogP contribution in [0.4, 0.5) is 5.69 Å². The molecule has 0 bridgehead atoms. The van der Waals surface area contributed by atoms with Crippen LogP contribution in [0.2, 0.25) is 0 Å². The van der Waals surface area contributed by atoms with Gasteiger partial charge in [0.05, 0.1) is 0 Å². The number of aliphatic hydroxyl groups is 1. The van der Waals surface area contributed by atoms with Gasteiger partial charge >= 0.3 is 5.97 Å². The Hall–Kier alpha value is -2.08. The Kier molecular flexibility index (Phi) is 4.57. The minimum atomic E-state index is -1.14. The summed E-state index contributed by atoms with van der Waals surface area (Å²) < 4.78 is 0. The van der Waals surface area contributed by atoms with E-state index >= 15 is 0 Å². The van der Waals surface area contributed by atoms with Crippen LogP contribution in [-0.4, -0.2) is 41.3 Å². The van der Waals surface area contributed by atoms with Crippen molar-refractivity contribution in [2.45, 2.75) is 25.3 Å². The van der Waals surface area contributed by atoms with Gasteiger partial charge in [0.1, 0.15) is 6.04 Å². The summed E-state index contributed by atoms with van der Waals surface area (Å²) in [6, 6.07) is 4.31. The molecule has 1 aromatic carbocycles. The molecule has 1 aliphatic heterocycles. The molecule has 0 aliphatic carbocycles. The third-order valence-corrected chi connectivity index (χ3v) is 3.36. The molecule has 6 heteroatoms. The molecule has 0 saturated carbocycles. The van der Waals surface area contributed by atoms with Gasteiger partial charge in [-0.15, -0.1) is 0 Å². The number of aliphatic hydroxyl groups excluding tert-OH is 1. The second kappa shape index (κ2) is 6.38. The maximum Gasteiger partial charge on any atom is 0.326 e. The lowest BCUT2D eigenvalue weighted by Crippen LogP contribution is -2.41. The first-order chi connectivity index (χ1) is 9.63. The first kappa shape index (κ1) is 14.3. The summed E-state index contributed by atoms with van der Waals surface area (Å²) in [5.74, 6) is -1.55. The molecule has 2 rings (SSSR count). The molecule has 0 unspecified atom stereocenters. The number of carbonyl (C=O) groups is 2. The zero-order chi connectivity index (χ0) is 14.5. The summed E-state index contributed by atoms with van der Waals surface area (Å²) in [6.45, 7) is 0.589. The third-order valence-electron chi connectivity index (χ3n) is 3.36. The first-order valence-electron chi connectivity index (χ1n) is 6.63. The van der Waals surface area contributed by atoms with Crippen molar-refractivity contribution in [1.82, 2.24) is 5.32 Å². The molecule has 20 heavy (non-hydrogen) atoms. The van der Waals surface area contributed by atoms with Crippen LogP contribution < -0.4 is 10.6 Å². The SMILES string of the molecule is O=C(N[C@@H](CCO)C(=O)O)c1cccc2c1CCCN2. The van der Waals surface area contributed by atoms with Gasteiger partial charge in [-0.3, -0.25) is 4.79 Å². The van der Waals surface area contributed by atoms with E-state index in [9.17, 15) is 9.59 Å². The minimum Gasteiger partial charge on any atom is -0.480 e. The van der Waals surface area contributed by atoms with Crippen LogP contribution >= 0.6 is 0 Å². The highest BCUT2D eigenvalue weighted by Crippen LogP contribution is 2.25. The summed E-state index contributed by atoms with van der Waals surface area (Å²) in [7, 11) is 0. The number of benzene rings is 1. The summed E-state index contributed by atoms with van der Waals surface area (Å²) >= 11 is 0. The standard InChI is InChI=1S/C14H18N2O4/c17-8-6-12(14(19)20)16-13(18)10-3-1-5-11-9(10)4-2-7-15-11/h1,3,5,12,15,17H,2,4,6-8H2,(H,16,18)(H,19,20)/t12-/m0/s1. The van der Waals surface area contributed by atoms with Gasteiger partial charge in [0, 0.05) is 30.8 Å². The average molecular weight is 278 g/mol. The summed E-state index contributed by atoms with van der Waals surface area (Å²) in [4.78, 5) is 23.2. The minimum absolute atomic E-state index is 0.00561. The number of hydrogen-bond donors (Lipinski definition) is 4. The molecule has 1 aliphatic rings. The number of carboxylic acid groups (broad SMARTS) is 1. The quantitative estimate of drug-likeness (QED) is 0.632. The molecule has 6 nitrogen and oxygen atoms in total. The molecule has 0 aromatic heterocycles. The molecular formula is C14H18N2O4. The zero-order valence-corrected chi connectivity index (χ0v) is 11.1. The Balaban J connectivity index is 2.19. The van der Waals surface area contributed by atoms with E-state index in [4.69, 9.17) is 10.2 Å². The molecule has 0 fully saturated rings. The monoisotopic (exact) mass is 278 g/mol. The summed E-state index contributed by atoms with van der Waals surface area (Å²) in [5.41, 5.74) is 2.35. The third kappa shape index (κ3) is 3.08. The lowest BCUT2D eigenvalue weighted by molar-refractivity contribution is -0.139. The highest BCUT2D eigenvalue weighted by molar-refractivity contribution is 5.99. The van der Waals surface area contributed by atoms with Crippen LogP contribution in [0.15, 0.2) is 18.2 Å². The van der Waals surface area contributed by atoms with E-state index in [0.29, 0.717) is 5.56 Å². The Morgan fingerprint density at radius 3 is 2.90 bits per heavy atom. The second-order valence-corrected chi connectivity index (χ2v) is 4.74. The van der Waals surface area contributed by atoms with E-state index < -0.39 is 17.9 Å². The predicted octanol–water partition coefficient (Wildman–Crippen LogP) is 0.610. The van der Waals surface area contributed by atoms with Gasteiger partial charge in [-0.1, -0.05) is 6.07 Å². The van der Waals surface area contributed by atoms with Gasteiger partial charge in [-0.25, -0.2) is 4.79 Å². The highest BCUT2D eigenvalue weighted by atomic mass is 16.4. The van der Waals surface area contributed by atoms with Crippen molar-refractivity contribution in [3.05, 3.63) is 29.3 Å². The van der Waals surface area contributed by atoms with E-state index in [1.807, 2.05) is 6.07 Å². The molecule has 0 saturated heterocycles. The van der Waals surface area contributed by atoms with Crippen molar-refractivity contribution in [3.63, 3.8) is 0 Å². The van der Waals surface area contributed by atoms with Crippen molar-refractivity contribution >= 4 is 17.6 Å². The van der Waals surface area contributed by atoms with Crippen LogP contribution in [0.1, 0.15) is 28.8 Å². The summed E-state index contributed by atoms with van der Waals surface area (Å²) in [6.07, 6.45) is 1.73. The number of hydrogen-bond acceptors (Lipinski definition) is 4. The van der Waals surface area contributed by atoms with Gasteiger partial charge in [-0.2, -0.15) is 0 Å². The van der Waals surface area contributed by atoms with Crippen LogP contribution in [0.3, 0.4) is 0 Å². The van der Waals surface area contributed by atoms with Gasteiger partial charge in [-0.05, 0) is 30.5 Å². The van der Waals surface area contributed by atoms with Gasteiger partial charge in [0.2, 0.25) is 0 Å². The van der Waals surface area contributed by atoms with Gasteiger partial charge < -0.3 is 20.8 Å². The number of rotatable bonds is 5. The lowest BCUT2D eigenvalue weighted by atomic mass is 9.97. The molecule has 4 N–H and O–H groups in total. The van der Waals surface area contributed by atoms with E-state index in [0.717, 1.165) is 30.6 Å². The molecule has 108 valence electrons. The maximum atomic E-state index is 12.2. The average Bonchev–Trinajstić information content (AvgIpc) is 2.46. The normalized spacial score (nSPS) is 14.8. The van der Waals surface area contributed by atoms with Crippen LogP contribution in [0.5, 0.6) is 0 Å². The Morgan fingerprint density at radius 2 is 2.20 bits per heavy atom. The van der Waals surface area contributed by atoms with Gasteiger partial charge in [0.25, 0.3) is 5.91 Å². The molecule has 0 radical (unpaired) electrons. The van der Waals surface area contributed by atoms with Crippen molar-refractivity contribution in [1.29, 1.82) is 0 Å². The molecular weight excluding hydrogens is 260 g/mol. The number of carboxylic acids is 1. The number of fused-ring (bicyclic) bond motifs is 1. The first-order valence-corrected chi connectivity index (χ1v) is 6.63. The lowest BCUT2D eigenvalue weighted by Gasteiger charge is -2.21. The van der Waals surface area contributed by atoms with E-state index in [-0.39, 0.29) is 13.0 Å². The molecule has 0 spiro atoms. The number of nitrogens with one attached hydrogen (secondary N) is 2. The number of carbonyl (C=O) groups excluding carboxylic acids is 1. The van der Waals surface area contributed by atoms with Crippen LogP contribution in [0, 0.1) is 0 Å². The Morgan fingerprint density at radius 1 is 1.40 bits per heavy atom. The predicted molar refractivity (Wildman–Crippen MR) is 73.8 cm³/mol. The Bertz CT molecular complexity index is 516. The van der Waals surface area contributed by atoms with Gasteiger partial charge in [0.15, 0.2) is 0 Å². The fraction of sp³-hybridized carbons (Fsp3) is 0.429. The van der Waals surface area contributed by atoms with Crippen molar-refractivity contribution in [2.75, 3.05) is 18.5 Å². The van der Waals surface area contributed by atoms with E-state index in [1.165, 1.54) is 0 Å². The Labute approximate surface area is 116 Å². The van der Waals surface area contributed by atoms with Crippen LogP contribution in [-0.2, 0) is 11.2 Å². The number of anilines is 1. The maximum absolute atomic E-state index is 12.2. The highest BCUT2D eigenvalue weighted by Gasteiger charge is 2.23. The van der Waals surface area contributed by atoms with Crippen molar-refractivity contribution < 1.29 is 19.8 Å². The zero-order valence-electron chi connectivity index (χ0n) is 11.1. The number of amides is 1. The molecule has 1 atom stereocenters. The van der Waals surface area contributed by atoms with E-state index in [1.54, 1.807) is 12.1 Å². The fourth-order valence-corrected chi connectivity index (χ4v) is 2.35. The van der Waals surface area contributed by atoms with Crippen molar-refractivity contribution in [2.24, 2.45) is 0 Å². The topological polar surface area (TPSA) is 98.7 Å². The molecule has 1 amide bonds. The summed E-state index contributed by atoms with van der Waals surface area (Å²) in [5, 5.41) is 23.5. The number of aliphatic carboxylic acids is 1. The molecule has 1 aromatic rings.